The molecule has 0 unspecified atom stereocenters. The number of morpholine rings is 1. The van der Waals surface area contributed by atoms with Crippen LogP contribution in [0, 0.1) is 17.6 Å². The highest BCUT2D eigenvalue weighted by Gasteiger charge is 2.42. The molecule has 0 bridgehead atoms. The highest BCUT2D eigenvalue weighted by atomic mass is 19.2. The number of ether oxygens (including phenoxy) is 1. The average molecular weight is 644 g/mol. The van der Waals surface area contributed by atoms with Gasteiger partial charge in [-0.05, 0) is 37.1 Å². The lowest BCUT2D eigenvalue weighted by molar-refractivity contribution is 0.0343. The molecule has 11 nitrogen and oxygen atoms in total. The highest BCUT2D eigenvalue weighted by molar-refractivity contribution is 6.18. The second-order valence-corrected chi connectivity index (χ2v) is 12.9. The lowest BCUT2D eigenvalue weighted by atomic mass is 9.99. The van der Waals surface area contributed by atoms with E-state index < -0.39 is 23.2 Å². The Morgan fingerprint density at radius 2 is 1.96 bits per heavy atom. The number of anilines is 2. The number of carboxylic acid groups (broad SMARTS) is 1. The van der Waals surface area contributed by atoms with Crippen molar-refractivity contribution < 1.29 is 23.4 Å². The van der Waals surface area contributed by atoms with Crippen LogP contribution in [0.4, 0.5) is 20.2 Å². The molecule has 13 heteroatoms. The second kappa shape index (κ2) is 11.3. The maximum atomic E-state index is 15.8. The maximum Gasteiger partial charge on any atom is 0.341 e. The fourth-order valence-corrected chi connectivity index (χ4v) is 7.91. The van der Waals surface area contributed by atoms with Crippen molar-refractivity contribution >= 4 is 44.8 Å². The van der Waals surface area contributed by atoms with Gasteiger partial charge in [0.2, 0.25) is 0 Å². The molecule has 0 radical (unpaired) electrons. The second-order valence-electron chi connectivity index (χ2n) is 12.9. The van der Waals surface area contributed by atoms with Gasteiger partial charge >= 0.3 is 5.97 Å². The molecule has 3 aliphatic heterocycles. The van der Waals surface area contributed by atoms with Gasteiger partial charge in [-0.2, -0.15) is 0 Å². The number of aromatic nitrogens is 3. The van der Waals surface area contributed by atoms with Crippen LogP contribution in [-0.2, 0) is 11.3 Å². The zero-order valence-corrected chi connectivity index (χ0v) is 26.1. The summed E-state index contributed by atoms with van der Waals surface area (Å²) in [6.07, 6.45) is 4.30. The molecule has 0 amide bonds. The number of rotatable bonds is 6. The van der Waals surface area contributed by atoms with Crippen LogP contribution in [0.5, 0.6) is 0 Å². The van der Waals surface area contributed by atoms with Gasteiger partial charge in [0.1, 0.15) is 11.2 Å². The van der Waals surface area contributed by atoms with Crippen LogP contribution in [-0.4, -0.2) is 101 Å². The first-order valence-corrected chi connectivity index (χ1v) is 15.9. The summed E-state index contributed by atoms with van der Waals surface area (Å²) in [5.74, 6) is -2.81. The summed E-state index contributed by atoms with van der Waals surface area (Å²) in [6, 6.07) is 6.48. The first kappa shape index (κ1) is 29.8. The van der Waals surface area contributed by atoms with Crippen LogP contribution >= 0.6 is 0 Å². The molecule has 0 aliphatic carbocycles. The molecule has 3 saturated heterocycles. The van der Waals surface area contributed by atoms with E-state index in [-0.39, 0.29) is 17.0 Å². The summed E-state index contributed by atoms with van der Waals surface area (Å²) < 4.78 is 37.8. The standard InChI is InChI=1S/C34H35F2N7O4/c1-37-24-12-23(35)29(36)27-28-31(42-6-5-19-14-40(2)17-26(19)42)22(13-38-32(28)39-30(24)27)18-3-4-25-20(15-41-7-9-47-10-8-41)11-21(34(45)46)33(44)43(25)16-18/h3-4,11-13,16,19,26,37H,5-10,14-15,17H2,1-2H3,(H,38,39)(H,45,46)/t19-,26+/m1/s1. The largest absolute Gasteiger partial charge is 0.477 e. The molecule has 7 heterocycles. The third kappa shape index (κ3) is 4.75. The monoisotopic (exact) mass is 643 g/mol. The number of carbonyl (C=O) groups is 1. The molecule has 3 fully saturated rings. The van der Waals surface area contributed by atoms with Gasteiger partial charge in [0, 0.05) is 81.9 Å². The minimum atomic E-state index is -1.30. The van der Waals surface area contributed by atoms with E-state index in [0.29, 0.717) is 83.3 Å². The number of nitrogens with one attached hydrogen (secondary N) is 2. The van der Waals surface area contributed by atoms with Gasteiger partial charge in [0.15, 0.2) is 11.6 Å². The Kier molecular flexibility index (Phi) is 7.15. The van der Waals surface area contributed by atoms with Gasteiger partial charge in [-0.25, -0.2) is 18.6 Å². The van der Waals surface area contributed by atoms with Gasteiger partial charge < -0.3 is 29.9 Å². The summed E-state index contributed by atoms with van der Waals surface area (Å²) in [6.45, 7) is 5.51. The lowest BCUT2D eigenvalue weighted by Gasteiger charge is -2.29. The molecule has 47 heavy (non-hydrogen) atoms. The Morgan fingerprint density at radius 3 is 2.72 bits per heavy atom. The lowest BCUT2D eigenvalue weighted by Crippen LogP contribution is -2.36. The van der Waals surface area contributed by atoms with E-state index in [4.69, 9.17) is 9.72 Å². The minimum Gasteiger partial charge on any atom is -0.477 e. The molecular weight excluding hydrogens is 608 g/mol. The molecule has 5 aromatic rings. The van der Waals surface area contributed by atoms with Crippen molar-refractivity contribution in [3.05, 3.63) is 69.8 Å². The van der Waals surface area contributed by atoms with Crippen LogP contribution in [0.25, 0.3) is 38.6 Å². The third-order valence-electron chi connectivity index (χ3n) is 10.1. The van der Waals surface area contributed by atoms with Crippen LogP contribution in [0.1, 0.15) is 22.3 Å². The Hall–Kier alpha value is -4.59. The van der Waals surface area contributed by atoms with Gasteiger partial charge in [0.25, 0.3) is 5.56 Å². The number of benzene rings is 1. The molecule has 0 saturated carbocycles. The van der Waals surface area contributed by atoms with Crippen molar-refractivity contribution in [2.75, 3.05) is 70.2 Å². The maximum absolute atomic E-state index is 15.8. The molecule has 2 atom stereocenters. The number of fused-ring (bicyclic) bond motifs is 5. The fourth-order valence-electron chi connectivity index (χ4n) is 7.91. The quantitative estimate of drug-likeness (QED) is 0.253. The van der Waals surface area contributed by atoms with E-state index in [9.17, 15) is 14.7 Å². The number of hydrogen-bond acceptors (Lipinski definition) is 8. The van der Waals surface area contributed by atoms with Crippen molar-refractivity contribution in [2.45, 2.75) is 19.0 Å². The highest BCUT2D eigenvalue weighted by Crippen LogP contribution is 2.46. The Bertz CT molecular complexity index is 2140. The number of pyridine rings is 3. The number of likely N-dealkylation sites (tertiary alicyclic amines) is 1. The first-order chi connectivity index (χ1) is 22.7. The molecule has 1 aromatic carbocycles. The molecule has 8 rings (SSSR count). The minimum absolute atomic E-state index is 0.113. The van der Waals surface area contributed by atoms with E-state index in [1.54, 1.807) is 19.4 Å². The van der Waals surface area contributed by atoms with Crippen molar-refractivity contribution in [2.24, 2.45) is 5.92 Å². The normalized spacial score (nSPS) is 20.6. The average Bonchev–Trinajstić information content (AvgIpc) is 3.76. The molecule has 4 aromatic heterocycles. The first-order valence-electron chi connectivity index (χ1n) is 15.9. The third-order valence-corrected chi connectivity index (χ3v) is 10.1. The molecule has 0 spiro atoms. The van der Waals surface area contributed by atoms with Crippen LogP contribution < -0.4 is 15.8 Å². The summed E-state index contributed by atoms with van der Waals surface area (Å²) in [5.41, 5.74) is 3.58. The number of nitrogens with zero attached hydrogens (tertiary/aromatic N) is 5. The Balaban J connectivity index is 1.38. The van der Waals surface area contributed by atoms with Crippen LogP contribution in [0.3, 0.4) is 0 Å². The molecule has 3 N–H and O–H groups in total. The van der Waals surface area contributed by atoms with Gasteiger partial charge in [0.05, 0.1) is 46.4 Å². The number of likely N-dealkylation sites (N-methyl/N-ethyl adjacent to an activating group) is 1. The number of aromatic carboxylic acids is 1. The zero-order valence-electron chi connectivity index (χ0n) is 26.1. The van der Waals surface area contributed by atoms with Crippen molar-refractivity contribution in [1.29, 1.82) is 0 Å². The van der Waals surface area contributed by atoms with E-state index in [2.05, 4.69) is 32.0 Å². The van der Waals surface area contributed by atoms with Crippen molar-refractivity contribution in [3.8, 4) is 11.1 Å². The topological polar surface area (TPSA) is 118 Å². The zero-order chi connectivity index (χ0) is 32.6. The van der Waals surface area contributed by atoms with Crippen LogP contribution in [0.2, 0.25) is 0 Å². The smallest absolute Gasteiger partial charge is 0.341 e. The van der Waals surface area contributed by atoms with E-state index >= 15 is 8.78 Å². The summed E-state index contributed by atoms with van der Waals surface area (Å²) in [7, 11) is 3.74. The molecule has 3 aliphatic rings. The SMILES string of the molecule is CNc1cc(F)c(F)c2c1[nH]c1ncc(-c3ccc4c(CN5CCOCC5)cc(C(=O)O)c(=O)n4c3)c(N3CC[C@@H]4CN(C)C[C@@H]43)c12. The van der Waals surface area contributed by atoms with E-state index in [1.807, 2.05) is 12.1 Å². The fraction of sp³-hybridized carbons (Fsp3) is 0.382. The summed E-state index contributed by atoms with van der Waals surface area (Å²) in [4.78, 5) is 40.6. The van der Waals surface area contributed by atoms with Gasteiger partial charge in [-0.1, -0.05) is 6.07 Å². The number of hydrogen-bond donors (Lipinski definition) is 3. The Labute approximate surface area is 268 Å². The summed E-state index contributed by atoms with van der Waals surface area (Å²) >= 11 is 0. The van der Waals surface area contributed by atoms with E-state index in [0.717, 1.165) is 37.7 Å². The predicted octanol–water partition coefficient (Wildman–Crippen LogP) is 3.99. The number of aromatic amines is 1. The van der Waals surface area contributed by atoms with Crippen LogP contribution in [0.15, 0.2) is 41.5 Å². The van der Waals surface area contributed by atoms with Crippen molar-refractivity contribution in [3.63, 3.8) is 0 Å². The summed E-state index contributed by atoms with van der Waals surface area (Å²) in [5, 5.41) is 13.5. The van der Waals surface area contributed by atoms with Gasteiger partial charge in [-0.15, -0.1) is 0 Å². The number of halogens is 2. The molecular formula is C34H35F2N7O4. The van der Waals surface area contributed by atoms with Crippen molar-refractivity contribution in [1.82, 2.24) is 24.2 Å². The van der Waals surface area contributed by atoms with Gasteiger partial charge in [-0.3, -0.25) is 14.1 Å². The number of H-pyrrole nitrogens is 1. The number of carboxylic acids is 1. The molecule has 244 valence electrons. The Morgan fingerprint density at radius 1 is 1.15 bits per heavy atom. The predicted molar refractivity (Wildman–Crippen MR) is 176 cm³/mol. The van der Waals surface area contributed by atoms with E-state index in [1.165, 1.54) is 10.5 Å².